The first kappa shape index (κ1) is 21.6. The molecule has 0 bridgehead atoms. The van der Waals surface area contributed by atoms with Crippen LogP contribution in [-0.4, -0.2) is 55.8 Å². The zero-order chi connectivity index (χ0) is 22.3. The third-order valence-electron chi connectivity index (χ3n) is 7.18. The fourth-order valence-corrected chi connectivity index (χ4v) is 6.55. The van der Waals surface area contributed by atoms with E-state index in [1.54, 1.807) is 16.4 Å². The summed E-state index contributed by atoms with van der Waals surface area (Å²) >= 11 is 0. The Balaban J connectivity index is 1.28. The van der Waals surface area contributed by atoms with E-state index >= 15 is 0 Å². The van der Waals surface area contributed by atoms with Gasteiger partial charge in [-0.25, -0.2) is 8.42 Å². The molecule has 0 aromatic heterocycles. The number of anilines is 1. The quantitative estimate of drug-likeness (QED) is 0.697. The molecule has 1 aliphatic carbocycles. The molecule has 0 unspecified atom stereocenters. The van der Waals surface area contributed by atoms with E-state index in [1.807, 2.05) is 29.2 Å². The lowest BCUT2D eigenvalue weighted by molar-refractivity contribution is -0.125. The zero-order valence-corrected chi connectivity index (χ0v) is 19.4. The minimum absolute atomic E-state index is 0.0811. The molecular formula is C25H31N3O3S. The molecule has 1 amide bonds. The maximum absolute atomic E-state index is 13.3. The number of carbonyl (C=O) groups excluding carboxylic acids is 1. The number of sulfonamides is 1. The number of rotatable bonds is 5. The maximum Gasteiger partial charge on any atom is 0.243 e. The van der Waals surface area contributed by atoms with E-state index in [4.69, 9.17) is 0 Å². The van der Waals surface area contributed by atoms with Crippen molar-refractivity contribution in [1.82, 2.24) is 9.21 Å². The third-order valence-corrected chi connectivity index (χ3v) is 9.07. The van der Waals surface area contributed by atoms with Gasteiger partial charge in [-0.3, -0.25) is 9.69 Å². The first-order chi connectivity index (χ1) is 15.4. The summed E-state index contributed by atoms with van der Waals surface area (Å²) < 4.78 is 28.3. The smallest absolute Gasteiger partial charge is 0.243 e. The van der Waals surface area contributed by atoms with Crippen LogP contribution >= 0.6 is 0 Å². The van der Waals surface area contributed by atoms with Gasteiger partial charge in [-0.2, -0.15) is 4.31 Å². The maximum atomic E-state index is 13.3. The molecule has 2 aliphatic heterocycles. The van der Waals surface area contributed by atoms with Gasteiger partial charge in [-0.05, 0) is 55.5 Å². The van der Waals surface area contributed by atoms with Gasteiger partial charge < -0.3 is 4.90 Å². The van der Waals surface area contributed by atoms with Crippen molar-refractivity contribution in [3.8, 4) is 0 Å². The van der Waals surface area contributed by atoms with Crippen LogP contribution in [-0.2, 0) is 27.8 Å². The molecule has 0 N–H and O–H groups in total. The molecule has 2 fully saturated rings. The van der Waals surface area contributed by atoms with Gasteiger partial charge in [0.1, 0.15) is 0 Å². The summed E-state index contributed by atoms with van der Waals surface area (Å²) in [7, 11) is -3.54. The van der Waals surface area contributed by atoms with Crippen LogP contribution in [0.3, 0.4) is 0 Å². The molecule has 1 saturated carbocycles. The number of nitrogens with zero attached hydrogens (tertiary/aromatic N) is 3. The highest BCUT2D eigenvalue weighted by molar-refractivity contribution is 7.89. The largest absolute Gasteiger partial charge is 0.309 e. The van der Waals surface area contributed by atoms with Crippen LogP contribution in [0.4, 0.5) is 5.69 Å². The van der Waals surface area contributed by atoms with Crippen molar-refractivity contribution < 1.29 is 13.2 Å². The number of benzene rings is 2. The zero-order valence-electron chi connectivity index (χ0n) is 18.6. The highest BCUT2D eigenvalue weighted by Gasteiger charge is 2.38. The first-order valence-corrected chi connectivity index (χ1v) is 13.1. The van der Waals surface area contributed by atoms with Crippen molar-refractivity contribution in [3.05, 3.63) is 59.7 Å². The second-order valence-electron chi connectivity index (χ2n) is 9.35. The number of fused-ring (bicyclic) bond motifs is 1. The van der Waals surface area contributed by atoms with Crippen LogP contribution < -0.4 is 4.90 Å². The summed E-state index contributed by atoms with van der Waals surface area (Å²) in [6.07, 6.45) is 3.78. The summed E-state index contributed by atoms with van der Waals surface area (Å²) in [6.45, 7) is 5.33. The molecule has 32 heavy (non-hydrogen) atoms. The molecule has 2 aromatic carbocycles. The molecule has 5 rings (SSSR count). The SMILES string of the molecule is C[C@H]1Cc2cc(S(=O)(=O)N3CCN(Cc4ccccc4)CC3)ccc2N1C(=O)C1CCC1. The van der Waals surface area contributed by atoms with Gasteiger partial charge >= 0.3 is 0 Å². The van der Waals surface area contributed by atoms with Gasteiger partial charge in [0.15, 0.2) is 0 Å². The fourth-order valence-electron chi connectivity index (χ4n) is 5.07. The Labute approximate surface area is 190 Å². The Morgan fingerprint density at radius 3 is 2.38 bits per heavy atom. The minimum atomic E-state index is -3.54. The Morgan fingerprint density at radius 2 is 1.72 bits per heavy atom. The van der Waals surface area contributed by atoms with Gasteiger partial charge in [0.25, 0.3) is 0 Å². The van der Waals surface area contributed by atoms with Gasteiger partial charge in [0.05, 0.1) is 4.90 Å². The average molecular weight is 454 g/mol. The predicted molar refractivity (Wildman–Crippen MR) is 125 cm³/mol. The van der Waals surface area contributed by atoms with Crippen molar-refractivity contribution in [3.63, 3.8) is 0 Å². The summed E-state index contributed by atoms with van der Waals surface area (Å²) in [5, 5.41) is 0. The molecule has 0 radical (unpaired) electrons. The molecular weight excluding hydrogens is 422 g/mol. The molecule has 7 heteroatoms. The number of amides is 1. The Hall–Kier alpha value is -2.22. The van der Waals surface area contributed by atoms with Crippen LogP contribution in [0, 0.1) is 5.92 Å². The van der Waals surface area contributed by atoms with E-state index in [0.717, 1.165) is 50.1 Å². The number of hydrogen-bond acceptors (Lipinski definition) is 4. The summed E-state index contributed by atoms with van der Waals surface area (Å²) in [4.78, 5) is 17.4. The topological polar surface area (TPSA) is 60.9 Å². The van der Waals surface area contributed by atoms with Crippen LogP contribution in [0.25, 0.3) is 0 Å². The van der Waals surface area contributed by atoms with Gasteiger partial charge in [0, 0.05) is 50.4 Å². The van der Waals surface area contributed by atoms with Gasteiger partial charge in [-0.15, -0.1) is 0 Å². The van der Waals surface area contributed by atoms with Crippen LogP contribution in [0.5, 0.6) is 0 Å². The van der Waals surface area contributed by atoms with Crippen LogP contribution in [0.2, 0.25) is 0 Å². The van der Waals surface area contributed by atoms with E-state index in [2.05, 4.69) is 24.0 Å². The lowest BCUT2D eigenvalue weighted by Crippen LogP contribution is -2.48. The van der Waals surface area contributed by atoms with Crippen molar-refractivity contribution >= 4 is 21.6 Å². The van der Waals surface area contributed by atoms with E-state index < -0.39 is 10.0 Å². The Morgan fingerprint density at radius 1 is 1.00 bits per heavy atom. The number of hydrogen-bond donors (Lipinski definition) is 0. The second kappa shape index (κ2) is 8.61. The molecule has 2 aromatic rings. The Kier molecular flexibility index (Phi) is 5.82. The number of carbonyl (C=O) groups is 1. The molecule has 3 aliphatic rings. The summed E-state index contributed by atoms with van der Waals surface area (Å²) in [5.74, 6) is 0.339. The van der Waals surface area contributed by atoms with E-state index in [1.165, 1.54) is 5.56 Å². The lowest BCUT2D eigenvalue weighted by Gasteiger charge is -2.34. The van der Waals surface area contributed by atoms with Crippen molar-refractivity contribution in [2.45, 2.75) is 50.1 Å². The normalized spacial score (nSPS) is 22.5. The van der Waals surface area contributed by atoms with Gasteiger partial charge in [-0.1, -0.05) is 36.8 Å². The van der Waals surface area contributed by atoms with Crippen molar-refractivity contribution in [1.29, 1.82) is 0 Å². The Bertz CT molecular complexity index is 1090. The van der Waals surface area contributed by atoms with E-state index in [0.29, 0.717) is 24.4 Å². The average Bonchev–Trinajstić information content (AvgIpc) is 3.08. The predicted octanol–water partition coefficient (Wildman–Crippen LogP) is 3.27. The molecule has 6 nitrogen and oxygen atoms in total. The van der Waals surface area contributed by atoms with Crippen LogP contribution in [0.1, 0.15) is 37.3 Å². The van der Waals surface area contributed by atoms with E-state index in [9.17, 15) is 13.2 Å². The van der Waals surface area contributed by atoms with Crippen molar-refractivity contribution in [2.75, 3.05) is 31.1 Å². The molecule has 1 atom stereocenters. The number of piperazine rings is 1. The first-order valence-electron chi connectivity index (χ1n) is 11.7. The summed E-state index contributed by atoms with van der Waals surface area (Å²) in [6, 6.07) is 15.7. The van der Waals surface area contributed by atoms with Crippen LogP contribution in [0.15, 0.2) is 53.4 Å². The third kappa shape index (κ3) is 3.98. The molecule has 0 spiro atoms. The minimum Gasteiger partial charge on any atom is -0.309 e. The highest BCUT2D eigenvalue weighted by atomic mass is 32.2. The standard InChI is InChI=1S/C25H31N3O3S/c1-19-16-22-17-23(10-11-24(22)28(19)25(29)21-8-5-9-21)32(30,31)27-14-12-26(13-15-27)18-20-6-3-2-4-7-20/h2-4,6-7,10-11,17,19,21H,5,8-9,12-16,18H2,1H3/t19-/m0/s1. The lowest BCUT2D eigenvalue weighted by atomic mass is 9.84. The van der Waals surface area contributed by atoms with Gasteiger partial charge in [0.2, 0.25) is 15.9 Å². The fraction of sp³-hybridized carbons (Fsp3) is 0.480. The van der Waals surface area contributed by atoms with Crippen molar-refractivity contribution in [2.24, 2.45) is 5.92 Å². The van der Waals surface area contributed by atoms with E-state index in [-0.39, 0.29) is 17.9 Å². The monoisotopic (exact) mass is 453 g/mol. The highest BCUT2D eigenvalue weighted by Crippen LogP contribution is 2.38. The molecule has 170 valence electrons. The summed E-state index contributed by atoms with van der Waals surface area (Å²) in [5.41, 5.74) is 3.10. The molecule has 2 heterocycles. The second-order valence-corrected chi connectivity index (χ2v) is 11.3. The molecule has 1 saturated heterocycles.